The quantitative estimate of drug-likeness (QED) is 0.571. The number of piperidine rings is 1. The van der Waals surface area contributed by atoms with E-state index in [0.717, 1.165) is 36.6 Å². The minimum atomic E-state index is 0.0193. The molecule has 0 bridgehead atoms. The molecule has 2 aromatic heterocycles. The number of aryl methyl sites for hydroxylation is 3. The fourth-order valence-corrected chi connectivity index (χ4v) is 4.82. The summed E-state index contributed by atoms with van der Waals surface area (Å²) in [7, 11) is 1.62. The van der Waals surface area contributed by atoms with Crippen LogP contribution in [0.1, 0.15) is 36.0 Å². The molecule has 0 spiro atoms. The van der Waals surface area contributed by atoms with Gasteiger partial charge in [0.2, 0.25) is 0 Å². The van der Waals surface area contributed by atoms with Crippen molar-refractivity contribution in [2.75, 3.05) is 26.7 Å². The summed E-state index contributed by atoms with van der Waals surface area (Å²) in [6.45, 7) is 8.15. The summed E-state index contributed by atoms with van der Waals surface area (Å²) >= 11 is 0. The SMILES string of the molecule is COc1cnc2ccc(=O)n(CCN3CCC(CCc4cc(C)cc(C)c4)CC3)c2c1. The highest BCUT2D eigenvalue weighted by atomic mass is 16.5. The van der Waals surface area contributed by atoms with Crippen LogP contribution in [0.3, 0.4) is 0 Å². The van der Waals surface area contributed by atoms with Gasteiger partial charge in [-0.25, -0.2) is 0 Å². The highest BCUT2D eigenvalue weighted by Crippen LogP contribution is 2.23. The third kappa shape index (κ3) is 5.34. The normalized spacial score (nSPS) is 15.5. The number of likely N-dealkylation sites (tertiary alicyclic amines) is 1. The number of ether oxygens (including phenoxy) is 1. The Labute approximate surface area is 184 Å². The van der Waals surface area contributed by atoms with Crippen LogP contribution >= 0.6 is 0 Å². The highest BCUT2D eigenvalue weighted by molar-refractivity contribution is 5.75. The van der Waals surface area contributed by atoms with Gasteiger partial charge in [-0.05, 0) is 70.2 Å². The van der Waals surface area contributed by atoms with Crippen LogP contribution in [0.25, 0.3) is 11.0 Å². The Morgan fingerprint density at radius 2 is 1.77 bits per heavy atom. The molecule has 5 heteroatoms. The molecule has 4 rings (SSSR count). The van der Waals surface area contributed by atoms with Gasteiger partial charge >= 0.3 is 0 Å². The van der Waals surface area contributed by atoms with Crippen molar-refractivity contribution in [2.24, 2.45) is 5.92 Å². The molecule has 1 saturated heterocycles. The number of pyridine rings is 2. The third-order valence-corrected chi connectivity index (χ3v) is 6.52. The number of aromatic nitrogens is 2. The molecule has 1 aliphatic rings. The highest BCUT2D eigenvalue weighted by Gasteiger charge is 2.19. The summed E-state index contributed by atoms with van der Waals surface area (Å²) in [5.41, 5.74) is 5.88. The van der Waals surface area contributed by atoms with Crippen molar-refractivity contribution in [1.82, 2.24) is 14.5 Å². The predicted octanol–water partition coefficient (Wildman–Crippen LogP) is 4.37. The summed E-state index contributed by atoms with van der Waals surface area (Å²) in [5.74, 6) is 1.47. The zero-order valence-corrected chi connectivity index (χ0v) is 18.9. The maximum atomic E-state index is 12.5. The number of nitrogens with zero attached hydrogens (tertiary/aromatic N) is 3. The van der Waals surface area contributed by atoms with E-state index >= 15 is 0 Å². The average Bonchev–Trinajstić information content (AvgIpc) is 2.77. The molecule has 0 saturated carbocycles. The monoisotopic (exact) mass is 419 g/mol. The predicted molar refractivity (Wildman–Crippen MR) is 126 cm³/mol. The Morgan fingerprint density at radius 3 is 2.48 bits per heavy atom. The number of hydrogen-bond donors (Lipinski definition) is 0. The fourth-order valence-electron chi connectivity index (χ4n) is 4.82. The van der Waals surface area contributed by atoms with Crippen LogP contribution < -0.4 is 10.3 Å². The molecule has 0 unspecified atom stereocenters. The minimum Gasteiger partial charge on any atom is -0.495 e. The Balaban J connectivity index is 1.31. The van der Waals surface area contributed by atoms with Gasteiger partial charge in [0.25, 0.3) is 5.56 Å². The Kier molecular flexibility index (Phi) is 6.71. The second-order valence-corrected chi connectivity index (χ2v) is 8.92. The summed E-state index contributed by atoms with van der Waals surface area (Å²) in [4.78, 5) is 19.4. The summed E-state index contributed by atoms with van der Waals surface area (Å²) in [6.07, 6.45) is 6.62. The largest absolute Gasteiger partial charge is 0.495 e. The molecule has 1 fully saturated rings. The molecule has 0 radical (unpaired) electrons. The third-order valence-electron chi connectivity index (χ3n) is 6.52. The lowest BCUT2D eigenvalue weighted by molar-refractivity contribution is 0.174. The smallest absolute Gasteiger partial charge is 0.251 e. The lowest BCUT2D eigenvalue weighted by atomic mass is 9.90. The first-order valence-corrected chi connectivity index (χ1v) is 11.3. The van der Waals surface area contributed by atoms with Gasteiger partial charge in [-0.3, -0.25) is 9.78 Å². The maximum Gasteiger partial charge on any atom is 0.251 e. The zero-order valence-electron chi connectivity index (χ0n) is 18.9. The van der Waals surface area contributed by atoms with Crippen molar-refractivity contribution >= 4 is 11.0 Å². The minimum absolute atomic E-state index is 0.0193. The lowest BCUT2D eigenvalue weighted by Crippen LogP contribution is -2.37. The summed E-state index contributed by atoms with van der Waals surface area (Å²) in [6, 6.07) is 12.2. The standard InChI is InChI=1S/C26H33N3O2/c1-19-14-20(2)16-22(15-19)5-4-21-8-10-28(11-9-21)12-13-29-25-17-23(31-3)18-27-24(25)6-7-26(29)30/h6-7,14-18,21H,4-5,8-13H2,1-3H3. The Morgan fingerprint density at radius 1 is 1.03 bits per heavy atom. The Bertz CT molecular complexity index is 1080. The van der Waals surface area contributed by atoms with Crippen LogP contribution in [0, 0.1) is 19.8 Å². The van der Waals surface area contributed by atoms with E-state index in [1.165, 1.54) is 42.4 Å². The first-order valence-electron chi connectivity index (χ1n) is 11.3. The first-order chi connectivity index (χ1) is 15.0. The molecule has 1 aromatic carbocycles. The van der Waals surface area contributed by atoms with Crippen LogP contribution in [0.4, 0.5) is 0 Å². The van der Waals surface area contributed by atoms with Crippen LogP contribution in [0.2, 0.25) is 0 Å². The van der Waals surface area contributed by atoms with Crippen LogP contribution in [-0.2, 0) is 13.0 Å². The van der Waals surface area contributed by atoms with E-state index in [-0.39, 0.29) is 5.56 Å². The molecular weight excluding hydrogens is 386 g/mol. The van der Waals surface area contributed by atoms with Gasteiger partial charge in [0, 0.05) is 25.2 Å². The molecule has 3 aromatic rings. The maximum absolute atomic E-state index is 12.5. The molecule has 0 N–H and O–H groups in total. The molecule has 0 atom stereocenters. The molecule has 0 amide bonds. The van der Waals surface area contributed by atoms with Crippen LogP contribution in [0.15, 0.2) is 47.4 Å². The van der Waals surface area contributed by atoms with Gasteiger partial charge in [-0.1, -0.05) is 29.3 Å². The van der Waals surface area contributed by atoms with E-state index in [2.05, 4.69) is 41.9 Å². The fraction of sp³-hybridized carbons (Fsp3) is 0.462. The topological polar surface area (TPSA) is 47.4 Å². The van der Waals surface area contributed by atoms with Crippen molar-refractivity contribution < 1.29 is 4.74 Å². The molecule has 31 heavy (non-hydrogen) atoms. The van der Waals surface area contributed by atoms with E-state index in [1.54, 1.807) is 25.4 Å². The van der Waals surface area contributed by atoms with Crippen molar-refractivity contribution in [2.45, 2.75) is 46.1 Å². The van der Waals surface area contributed by atoms with E-state index in [9.17, 15) is 4.79 Å². The van der Waals surface area contributed by atoms with E-state index in [0.29, 0.717) is 12.3 Å². The average molecular weight is 420 g/mol. The zero-order chi connectivity index (χ0) is 21.8. The second kappa shape index (κ2) is 9.65. The van der Waals surface area contributed by atoms with Crippen LogP contribution in [0.5, 0.6) is 5.75 Å². The van der Waals surface area contributed by atoms with Gasteiger partial charge in [0.05, 0.1) is 24.3 Å². The molecular formula is C26H33N3O2. The van der Waals surface area contributed by atoms with Gasteiger partial charge in [0.1, 0.15) is 5.75 Å². The van der Waals surface area contributed by atoms with Crippen molar-refractivity contribution in [3.8, 4) is 5.75 Å². The second-order valence-electron chi connectivity index (χ2n) is 8.92. The molecule has 0 aliphatic carbocycles. The number of benzene rings is 1. The van der Waals surface area contributed by atoms with Gasteiger partial charge < -0.3 is 14.2 Å². The van der Waals surface area contributed by atoms with Crippen molar-refractivity contribution in [1.29, 1.82) is 0 Å². The van der Waals surface area contributed by atoms with Crippen molar-refractivity contribution in [3.63, 3.8) is 0 Å². The first kappa shape index (κ1) is 21.6. The van der Waals surface area contributed by atoms with Gasteiger partial charge in [-0.15, -0.1) is 0 Å². The van der Waals surface area contributed by atoms with Gasteiger partial charge in [-0.2, -0.15) is 0 Å². The molecule has 164 valence electrons. The summed E-state index contributed by atoms with van der Waals surface area (Å²) < 4.78 is 7.13. The van der Waals surface area contributed by atoms with Crippen LogP contribution in [-0.4, -0.2) is 41.2 Å². The molecule has 3 heterocycles. The number of hydrogen-bond acceptors (Lipinski definition) is 4. The van der Waals surface area contributed by atoms with E-state index < -0.39 is 0 Å². The van der Waals surface area contributed by atoms with E-state index in [4.69, 9.17) is 4.74 Å². The number of methoxy groups -OCH3 is 1. The number of rotatable bonds is 7. The summed E-state index contributed by atoms with van der Waals surface area (Å²) in [5, 5.41) is 0. The lowest BCUT2D eigenvalue weighted by Gasteiger charge is -2.32. The molecule has 5 nitrogen and oxygen atoms in total. The van der Waals surface area contributed by atoms with Gasteiger partial charge in [0.15, 0.2) is 0 Å². The number of fused-ring (bicyclic) bond motifs is 1. The molecule has 1 aliphatic heterocycles. The van der Waals surface area contributed by atoms with E-state index in [1.807, 2.05) is 10.6 Å². The van der Waals surface area contributed by atoms with Crippen molar-refractivity contribution in [3.05, 3.63) is 69.6 Å². The Hall–Kier alpha value is -2.66.